The Kier molecular flexibility index (Phi) is 6.31. The van der Waals surface area contributed by atoms with Gasteiger partial charge in [0.15, 0.2) is 23.7 Å². The lowest BCUT2D eigenvalue weighted by Gasteiger charge is -2.51. The first-order valence-corrected chi connectivity index (χ1v) is 13.2. The van der Waals surface area contributed by atoms with E-state index in [4.69, 9.17) is 15.6 Å². The van der Waals surface area contributed by atoms with Gasteiger partial charge in [0.1, 0.15) is 0 Å². The van der Waals surface area contributed by atoms with Crippen LogP contribution in [0.1, 0.15) is 30.0 Å². The Morgan fingerprint density at radius 1 is 1.00 bits per heavy atom. The highest BCUT2D eigenvalue weighted by atomic mass is 16.6. The van der Waals surface area contributed by atoms with Gasteiger partial charge < -0.3 is 41.1 Å². The number of imide groups is 1. The number of nitrogens with zero attached hydrogens (tertiary/aromatic N) is 2. The lowest BCUT2D eigenvalue weighted by Crippen LogP contribution is -2.81. The number of carbonyl (C=O) groups excluding carboxylic acids is 3. The Morgan fingerprint density at radius 3 is 2.17 bits per heavy atom. The van der Waals surface area contributed by atoms with E-state index >= 15 is 0 Å². The monoisotopic (exact) mass is 562 g/mol. The van der Waals surface area contributed by atoms with Gasteiger partial charge in [-0.05, 0) is 11.1 Å². The molecule has 4 saturated heterocycles. The van der Waals surface area contributed by atoms with E-state index < -0.39 is 41.8 Å². The molecule has 0 bridgehead atoms. The molecule has 0 saturated carbocycles. The summed E-state index contributed by atoms with van der Waals surface area (Å²) in [5, 5.41) is 51.3. The Bertz CT molecular complexity index is 1350. The molecule has 1 spiro atoms. The van der Waals surface area contributed by atoms with Crippen LogP contribution in [0.3, 0.4) is 0 Å². The third kappa shape index (κ3) is 4.22. The molecule has 14 heteroatoms. The zero-order chi connectivity index (χ0) is 28.9. The van der Waals surface area contributed by atoms with Gasteiger partial charge in [-0.25, -0.2) is 4.79 Å². The first-order chi connectivity index (χ1) is 19.6. The van der Waals surface area contributed by atoms with Gasteiger partial charge in [-0.2, -0.15) is 0 Å². The number of guanidine groups is 2. The molecule has 0 aliphatic carbocycles. The van der Waals surface area contributed by atoms with Crippen molar-refractivity contribution in [1.82, 2.24) is 31.1 Å². The number of ether oxygens (including phenoxy) is 1. The summed E-state index contributed by atoms with van der Waals surface area (Å²) in [5.74, 6) is -4.04. The van der Waals surface area contributed by atoms with Crippen molar-refractivity contribution in [2.45, 2.75) is 48.5 Å². The molecular formula is C27H30N8O6. The zero-order valence-corrected chi connectivity index (χ0v) is 21.8. The largest absolute Gasteiger partial charge is 0.438 e. The van der Waals surface area contributed by atoms with Gasteiger partial charge >= 0.3 is 6.09 Å². The third-order valence-electron chi connectivity index (χ3n) is 8.16. The molecule has 0 aromatic heterocycles. The molecule has 3 amide bonds. The minimum absolute atomic E-state index is 0.0777. The average Bonchev–Trinajstić information content (AvgIpc) is 3.55. The molecule has 8 N–H and O–H groups in total. The number of likely N-dealkylation sites (tertiary alicyclic amines) is 1. The SMILES string of the molecule is N=C1NC2C(CN3C(=O)CCC3=O)NC(=N)N3C[C@H](OC(=O)NC(c4ccccc4)c4ccccc4)C(O)(O)C23N1. The average molecular weight is 563 g/mol. The highest BCUT2D eigenvalue weighted by Gasteiger charge is 2.75. The lowest BCUT2D eigenvalue weighted by atomic mass is 9.85. The predicted molar refractivity (Wildman–Crippen MR) is 143 cm³/mol. The molecule has 41 heavy (non-hydrogen) atoms. The van der Waals surface area contributed by atoms with Crippen LogP contribution in [0.5, 0.6) is 0 Å². The van der Waals surface area contributed by atoms with E-state index in [0.717, 1.165) is 16.0 Å². The predicted octanol–water partition coefficient (Wildman–Crippen LogP) is -0.885. The fourth-order valence-electron chi connectivity index (χ4n) is 6.22. The molecule has 14 nitrogen and oxygen atoms in total. The Labute approximate surface area is 234 Å². The number of nitrogens with one attached hydrogen (secondary N) is 6. The van der Waals surface area contributed by atoms with Crippen LogP contribution in [0.4, 0.5) is 4.79 Å². The van der Waals surface area contributed by atoms with Gasteiger partial charge in [-0.15, -0.1) is 0 Å². The summed E-state index contributed by atoms with van der Waals surface area (Å²) in [6, 6.07) is 16.0. The van der Waals surface area contributed by atoms with E-state index in [1.54, 1.807) is 0 Å². The van der Waals surface area contributed by atoms with Crippen LogP contribution >= 0.6 is 0 Å². The van der Waals surface area contributed by atoms with Crippen LogP contribution in [0.15, 0.2) is 60.7 Å². The van der Waals surface area contributed by atoms with Gasteiger partial charge in [0.05, 0.1) is 31.2 Å². The van der Waals surface area contributed by atoms with Crippen molar-refractivity contribution >= 4 is 29.8 Å². The summed E-state index contributed by atoms with van der Waals surface area (Å²) in [7, 11) is 0. The molecule has 4 aliphatic rings. The number of amides is 3. The van der Waals surface area contributed by atoms with E-state index in [1.807, 2.05) is 60.7 Å². The van der Waals surface area contributed by atoms with E-state index in [0.29, 0.717) is 0 Å². The Balaban J connectivity index is 1.26. The number of alkyl carbamates (subject to hydrolysis) is 1. The maximum atomic E-state index is 13.2. The number of hydrogen-bond acceptors (Lipinski definition) is 8. The first-order valence-electron chi connectivity index (χ1n) is 13.2. The van der Waals surface area contributed by atoms with Crippen molar-refractivity contribution in [3.8, 4) is 0 Å². The van der Waals surface area contributed by atoms with Crippen molar-refractivity contribution in [3.05, 3.63) is 71.8 Å². The second-order valence-electron chi connectivity index (χ2n) is 10.5. The van der Waals surface area contributed by atoms with Crippen molar-refractivity contribution in [2.24, 2.45) is 0 Å². The van der Waals surface area contributed by atoms with E-state index in [-0.39, 0.29) is 49.7 Å². The van der Waals surface area contributed by atoms with Crippen LogP contribution in [0, 0.1) is 10.8 Å². The smallest absolute Gasteiger partial charge is 0.408 e. The van der Waals surface area contributed by atoms with Crippen LogP contribution in [0.25, 0.3) is 0 Å². The molecule has 4 fully saturated rings. The number of rotatable bonds is 6. The molecule has 6 rings (SSSR count). The summed E-state index contributed by atoms with van der Waals surface area (Å²) >= 11 is 0. The van der Waals surface area contributed by atoms with Crippen molar-refractivity contribution < 1.29 is 29.3 Å². The molecule has 4 aliphatic heterocycles. The summed E-state index contributed by atoms with van der Waals surface area (Å²) < 4.78 is 5.61. The lowest BCUT2D eigenvalue weighted by molar-refractivity contribution is -0.257. The van der Waals surface area contributed by atoms with Crippen LogP contribution in [-0.2, 0) is 14.3 Å². The van der Waals surface area contributed by atoms with E-state index in [9.17, 15) is 24.6 Å². The normalized spacial score (nSPS) is 28.1. The molecule has 214 valence electrons. The molecule has 4 heterocycles. The maximum absolute atomic E-state index is 13.2. The number of aliphatic hydroxyl groups is 2. The van der Waals surface area contributed by atoms with Crippen LogP contribution in [-0.4, -0.2) is 92.6 Å². The van der Waals surface area contributed by atoms with Crippen molar-refractivity contribution in [3.63, 3.8) is 0 Å². The fourth-order valence-corrected chi connectivity index (χ4v) is 6.22. The molecular weight excluding hydrogens is 532 g/mol. The summed E-state index contributed by atoms with van der Waals surface area (Å²) in [6.45, 7) is -0.444. The first kappa shape index (κ1) is 26.5. The van der Waals surface area contributed by atoms with Crippen molar-refractivity contribution in [1.29, 1.82) is 10.8 Å². The van der Waals surface area contributed by atoms with E-state index in [2.05, 4.69) is 21.3 Å². The Hall–Kier alpha value is -4.69. The van der Waals surface area contributed by atoms with Gasteiger partial charge in [-0.3, -0.25) is 25.3 Å². The summed E-state index contributed by atoms with van der Waals surface area (Å²) in [6.07, 6.45) is -2.31. The third-order valence-corrected chi connectivity index (χ3v) is 8.16. The van der Waals surface area contributed by atoms with E-state index in [1.165, 1.54) is 4.90 Å². The topological polar surface area (TPSA) is 203 Å². The van der Waals surface area contributed by atoms with Gasteiger partial charge in [-0.1, -0.05) is 60.7 Å². The second-order valence-corrected chi connectivity index (χ2v) is 10.5. The molecule has 3 unspecified atom stereocenters. The van der Waals surface area contributed by atoms with Crippen molar-refractivity contribution in [2.75, 3.05) is 13.1 Å². The minimum Gasteiger partial charge on any atom is -0.438 e. The van der Waals surface area contributed by atoms with Gasteiger partial charge in [0.2, 0.25) is 17.6 Å². The summed E-state index contributed by atoms with van der Waals surface area (Å²) in [5.41, 5.74) is -0.341. The summed E-state index contributed by atoms with van der Waals surface area (Å²) in [4.78, 5) is 40.2. The van der Waals surface area contributed by atoms with Gasteiger partial charge in [0, 0.05) is 12.8 Å². The number of benzene rings is 2. The highest BCUT2D eigenvalue weighted by Crippen LogP contribution is 2.44. The zero-order valence-electron chi connectivity index (χ0n) is 21.8. The van der Waals surface area contributed by atoms with Gasteiger partial charge in [0.25, 0.3) is 0 Å². The quantitative estimate of drug-likeness (QED) is 0.161. The van der Waals surface area contributed by atoms with Crippen LogP contribution < -0.4 is 21.3 Å². The number of hydrogen-bond donors (Lipinski definition) is 8. The molecule has 2 aromatic rings. The van der Waals surface area contributed by atoms with Crippen LogP contribution in [0.2, 0.25) is 0 Å². The second kappa shape index (κ2) is 9.74. The standard InChI is InChI=1S/C27H30N8O6/c28-23-32-22-17(13-34-19(36)11-12-20(34)37)30-24(29)35-14-18(27(39,40)26(22,35)33-23)41-25(38)31-21(15-7-3-1-4-8-15)16-9-5-2-6-10-16/h1-10,17-18,21-22,39-40H,11-14H2,(H2,29,30)(H,31,38)(H3,28,32,33)/t17?,18-,22?,26?/m0/s1. The molecule has 2 aromatic carbocycles. The minimum atomic E-state index is -2.80. The number of carbonyl (C=O) groups is 3. The Morgan fingerprint density at radius 2 is 1.59 bits per heavy atom. The molecule has 4 atom stereocenters. The fraction of sp³-hybridized carbons (Fsp3) is 0.370. The highest BCUT2D eigenvalue weighted by molar-refractivity contribution is 6.02. The maximum Gasteiger partial charge on any atom is 0.408 e. The molecule has 0 radical (unpaired) electrons.